The Morgan fingerprint density at radius 3 is 2.95 bits per heavy atom. The number of carbonyl (C=O) groups is 2. The van der Waals surface area contributed by atoms with E-state index in [0.717, 1.165) is 11.3 Å². The van der Waals surface area contributed by atoms with Gasteiger partial charge in [-0.3, -0.25) is 4.79 Å². The molecule has 3 rings (SSSR count). The molecule has 1 aromatic carbocycles. The van der Waals surface area contributed by atoms with Crippen molar-refractivity contribution in [2.24, 2.45) is 0 Å². The van der Waals surface area contributed by atoms with E-state index in [4.69, 9.17) is 9.47 Å². The molecule has 114 valence electrons. The second-order valence-corrected chi connectivity index (χ2v) is 5.79. The molecule has 0 spiro atoms. The summed E-state index contributed by atoms with van der Waals surface area (Å²) in [6.07, 6.45) is 0.612. The van der Waals surface area contributed by atoms with Gasteiger partial charge in [0.15, 0.2) is 0 Å². The number of anilines is 1. The summed E-state index contributed by atoms with van der Waals surface area (Å²) in [7, 11) is 1.32. The fourth-order valence-electron chi connectivity index (χ4n) is 2.49. The Balaban J connectivity index is 1.82. The molecular weight excluding hydrogens is 302 g/mol. The minimum atomic E-state index is -0.447. The van der Waals surface area contributed by atoms with Crippen molar-refractivity contribution in [1.82, 2.24) is 0 Å². The molecule has 0 radical (unpaired) electrons. The Morgan fingerprint density at radius 1 is 1.32 bits per heavy atom. The number of hydrogen-bond acceptors (Lipinski definition) is 5. The van der Waals surface area contributed by atoms with Gasteiger partial charge in [0.05, 0.1) is 25.3 Å². The van der Waals surface area contributed by atoms with Crippen LogP contribution in [0.1, 0.15) is 27.6 Å². The van der Waals surface area contributed by atoms with Crippen LogP contribution in [0.2, 0.25) is 0 Å². The molecule has 1 aromatic heterocycles. The van der Waals surface area contributed by atoms with Gasteiger partial charge in [-0.25, -0.2) is 4.79 Å². The van der Waals surface area contributed by atoms with Crippen LogP contribution in [0.5, 0.6) is 5.75 Å². The number of methoxy groups -OCH3 is 1. The largest absolute Gasteiger partial charge is 0.493 e. The second-order valence-electron chi connectivity index (χ2n) is 4.87. The highest BCUT2D eigenvalue weighted by Gasteiger charge is 2.28. The van der Waals surface area contributed by atoms with E-state index in [9.17, 15) is 9.59 Å². The molecule has 0 bridgehead atoms. The molecule has 1 atom stereocenters. The van der Waals surface area contributed by atoms with E-state index in [1.165, 1.54) is 18.4 Å². The van der Waals surface area contributed by atoms with Gasteiger partial charge >= 0.3 is 5.97 Å². The molecule has 0 saturated carbocycles. The Hall–Kier alpha value is -2.34. The van der Waals surface area contributed by atoms with Crippen LogP contribution in [0, 0.1) is 0 Å². The van der Waals surface area contributed by atoms with E-state index < -0.39 is 5.97 Å². The highest BCUT2D eigenvalue weighted by Crippen LogP contribution is 2.34. The molecule has 6 heteroatoms. The highest BCUT2D eigenvalue weighted by molar-refractivity contribution is 7.12. The maximum absolute atomic E-state index is 12.6. The lowest BCUT2D eigenvalue weighted by Crippen LogP contribution is -2.26. The number of nitrogens with one attached hydrogen (secondary N) is 1. The topological polar surface area (TPSA) is 64.6 Å². The average Bonchev–Trinajstić information content (AvgIpc) is 3.01. The summed E-state index contributed by atoms with van der Waals surface area (Å²) < 4.78 is 10.3. The first-order valence-corrected chi connectivity index (χ1v) is 7.77. The lowest BCUT2D eigenvalue weighted by atomic mass is 9.92. The highest BCUT2D eigenvalue weighted by atomic mass is 32.1. The molecule has 22 heavy (non-hydrogen) atoms. The van der Waals surface area contributed by atoms with E-state index in [-0.39, 0.29) is 11.8 Å². The normalized spacial score (nSPS) is 16.3. The van der Waals surface area contributed by atoms with Crippen LogP contribution in [0.25, 0.3) is 0 Å². The van der Waals surface area contributed by atoms with Gasteiger partial charge in [0.25, 0.3) is 0 Å². The predicted molar refractivity (Wildman–Crippen MR) is 83.6 cm³/mol. The van der Waals surface area contributed by atoms with Gasteiger partial charge < -0.3 is 14.8 Å². The van der Waals surface area contributed by atoms with Crippen molar-refractivity contribution in [2.45, 2.75) is 12.3 Å². The number of carbonyl (C=O) groups excluding carboxylic acids is 2. The molecule has 1 aliphatic rings. The fraction of sp³-hybridized carbons (Fsp3) is 0.250. The number of hydrogen-bond donors (Lipinski definition) is 1. The number of para-hydroxylation sites is 1. The molecule has 5 nitrogen and oxygen atoms in total. The van der Waals surface area contributed by atoms with Gasteiger partial charge in [0, 0.05) is 5.56 Å². The third kappa shape index (κ3) is 2.69. The van der Waals surface area contributed by atoms with Crippen molar-refractivity contribution in [1.29, 1.82) is 0 Å². The van der Waals surface area contributed by atoms with Crippen molar-refractivity contribution >= 4 is 28.9 Å². The van der Waals surface area contributed by atoms with Crippen molar-refractivity contribution in [3.8, 4) is 5.75 Å². The zero-order valence-electron chi connectivity index (χ0n) is 12.0. The van der Waals surface area contributed by atoms with Crippen LogP contribution in [-0.2, 0) is 9.53 Å². The van der Waals surface area contributed by atoms with Gasteiger partial charge in [-0.05, 0) is 23.9 Å². The lowest BCUT2D eigenvalue weighted by Gasteiger charge is -2.25. The van der Waals surface area contributed by atoms with Crippen LogP contribution in [0.4, 0.5) is 5.69 Å². The number of ether oxygens (including phenoxy) is 2. The van der Waals surface area contributed by atoms with Crippen molar-refractivity contribution in [2.75, 3.05) is 19.0 Å². The average molecular weight is 317 g/mol. The maximum Gasteiger partial charge on any atom is 0.350 e. The van der Waals surface area contributed by atoms with Crippen molar-refractivity contribution < 1.29 is 19.1 Å². The standard InChI is InChI=1S/C16H15NO4S/c1-20-16(19)14-12(7-9-22-14)17-15(18)11-6-8-21-13-5-3-2-4-10(11)13/h2-5,7,9,11H,6,8H2,1H3,(H,17,18). The molecule has 1 aliphatic heterocycles. The van der Waals surface area contributed by atoms with E-state index in [2.05, 4.69) is 5.32 Å². The zero-order chi connectivity index (χ0) is 15.5. The number of esters is 1. The molecule has 1 N–H and O–H groups in total. The summed E-state index contributed by atoms with van der Waals surface area (Å²) in [6, 6.07) is 9.23. The maximum atomic E-state index is 12.6. The van der Waals surface area contributed by atoms with E-state index in [1.54, 1.807) is 11.4 Å². The first-order valence-electron chi connectivity index (χ1n) is 6.89. The first kappa shape index (κ1) is 14.6. The van der Waals surface area contributed by atoms with Gasteiger partial charge in [-0.1, -0.05) is 18.2 Å². The fourth-order valence-corrected chi connectivity index (χ4v) is 3.26. The van der Waals surface area contributed by atoms with Crippen molar-refractivity contribution in [3.05, 3.63) is 46.2 Å². The molecule has 1 unspecified atom stereocenters. The molecule has 1 amide bonds. The Kier molecular flexibility index (Phi) is 4.11. The summed E-state index contributed by atoms with van der Waals surface area (Å²) in [4.78, 5) is 24.6. The minimum absolute atomic E-state index is 0.140. The number of thiophene rings is 1. The SMILES string of the molecule is COC(=O)c1sccc1NC(=O)C1CCOc2ccccc21. The van der Waals surface area contributed by atoms with E-state index in [0.29, 0.717) is 23.6 Å². The summed E-state index contributed by atoms with van der Waals surface area (Å²) in [5.41, 5.74) is 1.37. The second kappa shape index (κ2) is 6.19. The van der Waals surface area contributed by atoms with Crippen molar-refractivity contribution in [3.63, 3.8) is 0 Å². The number of benzene rings is 1. The minimum Gasteiger partial charge on any atom is -0.493 e. The number of fused-ring (bicyclic) bond motifs is 1. The van der Waals surface area contributed by atoms with Crippen LogP contribution >= 0.6 is 11.3 Å². The lowest BCUT2D eigenvalue weighted by molar-refractivity contribution is -0.118. The van der Waals surface area contributed by atoms with E-state index >= 15 is 0 Å². The smallest absolute Gasteiger partial charge is 0.350 e. The van der Waals surface area contributed by atoms with E-state index in [1.807, 2.05) is 24.3 Å². The molecule has 2 heterocycles. The van der Waals surface area contributed by atoms with Gasteiger partial charge in [-0.15, -0.1) is 11.3 Å². The third-order valence-corrected chi connectivity index (χ3v) is 4.46. The Bertz CT molecular complexity index is 710. The number of amides is 1. The molecule has 0 aliphatic carbocycles. The summed E-state index contributed by atoms with van der Waals surface area (Å²) in [5.74, 6) is -0.125. The first-order chi connectivity index (χ1) is 10.7. The van der Waals surface area contributed by atoms with Crippen LogP contribution in [0.3, 0.4) is 0 Å². The molecule has 2 aromatic rings. The Morgan fingerprint density at radius 2 is 2.14 bits per heavy atom. The summed E-state index contributed by atoms with van der Waals surface area (Å²) in [5, 5.41) is 4.58. The Labute approximate surface area is 131 Å². The number of rotatable bonds is 3. The third-order valence-electron chi connectivity index (χ3n) is 3.57. The van der Waals surface area contributed by atoms with Gasteiger partial charge in [0.1, 0.15) is 10.6 Å². The van der Waals surface area contributed by atoms with Crippen LogP contribution in [0.15, 0.2) is 35.7 Å². The quantitative estimate of drug-likeness (QED) is 0.884. The molecular formula is C16H15NO4S. The van der Waals surface area contributed by atoms with Crippen LogP contribution < -0.4 is 10.1 Å². The monoisotopic (exact) mass is 317 g/mol. The summed E-state index contributed by atoms with van der Waals surface area (Å²) in [6.45, 7) is 0.503. The predicted octanol–water partition coefficient (Wildman–Crippen LogP) is 3.04. The van der Waals surface area contributed by atoms with Gasteiger partial charge in [0.2, 0.25) is 5.91 Å². The van der Waals surface area contributed by atoms with Crippen LogP contribution in [-0.4, -0.2) is 25.6 Å². The molecule has 0 saturated heterocycles. The zero-order valence-corrected chi connectivity index (χ0v) is 12.8. The molecule has 0 fully saturated rings. The van der Waals surface area contributed by atoms with Gasteiger partial charge in [-0.2, -0.15) is 0 Å². The summed E-state index contributed by atoms with van der Waals surface area (Å²) >= 11 is 1.24.